The monoisotopic (exact) mass is 371 g/mol. The van der Waals surface area contributed by atoms with E-state index in [4.69, 9.17) is 4.74 Å². The van der Waals surface area contributed by atoms with Crippen LogP contribution in [0.25, 0.3) is 0 Å². The fourth-order valence-electron chi connectivity index (χ4n) is 1.37. The fraction of sp³-hybridized carbons (Fsp3) is 0. The molecule has 92 valence electrons. The van der Waals surface area contributed by atoms with Crippen molar-refractivity contribution >= 4 is 37.5 Å². The summed E-state index contributed by atoms with van der Waals surface area (Å²) in [5.74, 6) is 0.722. The summed E-state index contributed by atoms with van der Waals surface area (Å²) >= 11 is 6.59. The molecule has 0 aliphatic carbocycles. The van der Waals surface area contributed by atoms with Crippen LogP contribution in [0, 0.1) is 10.1 Å². The van der Waals surface area contributed by atoms with Crippen molar-refractivity contribution in [2.75, 3.05) is 0 Å². The minimum absolute atomic E-state index is 0.0750. The molecule has 0 radical (unpaired) electrons. The number of ether oxygens (including phenoxy) is 1. The Bertz CT molecular complexity index is 602. The average Bonchev–Trinajstić information content (AvgIpc) is 2.32. The summed E-state index contributed by atoms with van der Waals surface area (Å²) in [4.78, 5) is 10.4. The molecule has 2 aromatic carbocycles. The van der Waals surface area contributed by atoms with Gasteiger partial charge in [0, 0.05) is 16.6 Å². The van der Waals surface area contributed by atoms with Crippen molar-refractivity contribution in [2.45, 2.75) is 0 Å². The van der Waals surface area contributed by atoms with Crippen LogP contribution < -0.4 is 4.74 Å². The maximum Gasteiger partial charge on any atom is 0.311 e. The van der Waals surface area contributed by atoms with Gasteiger partial charge < -0.3 is 4.74 Å². The van der Waals surface area contributed by atoms with Crippen LogP contribution in [0.1, 0.15) is 0 Å². The lowest BCUT2D eigenvalue weighted by Crippen LogP contribution is -1.93. The van der Waals surface area contributed by atoms with Gasteiger partial charge in [0.25, 0.3) is 0 Å². The van der Waals surface area contributed by atoms with Gasteiger partial charge in [-0.25, -0.2) is 0 Å². The van der Waals surface area contributed by atoms with Crippen molar-refractivity contribution in [1.82, 2.24) is 0 Å². The van der Waals surface area contributed by atoms with Crippen molar-refractivity contribution in [1.29, 1.82) is 0 Å². The summed E-state index contributed by atoms with van der Waals surface area (Å²) in [6.07, 6.45) is 0. The Balaban J connectivity index is 2.42. The number of nitro groups is 1. The van der Waals surface area contributed by atoms with E-state index in [2.05, 4.69) is 31.9 Å². The number of rotatable bonds is 3. The number of halogens is 2. The van der Waals surface area contributed by atoms with Gasteiger partial charge in [-0.1, -0.05) is 28.1 Å². The second-order valence-corrected chi connectivity index (χ2v) is 5.17. The first kappa shape index (κ1) is 13.0. The van der Waals surface area contributed by atoms with Crippen LogP contribution in [0.3, 0.4) is 0 Å². The summed E-state index contributed by atoms with van der Waals surface area (Å²) in [5, 5.41) is 10.9. The van der Waals surface area contributed by atoms with Crippen molar-refractivity contribution in [3.8, 4) is 11.5 Å². The SMILES string of the molecule is O=[N+]([O-])c1ccc(Br)cc1Oc1ccccc1Br. The maximum absolute atomic E-state index is 10.9. The van der Waals surface area contributed by atoms with Gasteiger partial charge in [-0.2, -0.15) is 0 Å². The Kier molecular flexibility index (Phi) is 3.98. The first-order chi connectivity index (χ1) is 8.58. The number of hydrogen-bond acceptors (Lipinski definition) is 3. The predicted molar refractivity (Wildman–Crippen MR) is 75.0 cm³/mol. The normalized spacial score (nSPS) is 10.1. The van der Waals surface area contributed by atoms with Gasteiger partial charge in [0.2, 0.25) is 5.75 Å². The molecule has 0 aliphatic rings. The van der Waals surface area contributed by atoms with E-state index in [-0.39, 0.29) is 11.4 Å². The highest BCUT2D eigenvalue weighted by atomic mass is 79.9. The second kappa shape index (κ2) is 5.49. The van der Waals surface area contributed by atoms with Gasteiger partial charge in [-0.05, 0) is 34.1 Å². The van der Waals surface area contributed by atoms with Gasteiger partial charge in [0.1, 0.15) is 5.75 Å². The Morgan fingerprint density at radius 1 is 1.06 bits per heavy atom. The molecule has 0 aliphatic heterocycles. The maximum atomic E-state index is 10.9. The van der Waals surface area contributed by atoms with Gasteiger partial charge >= 0.3 is 5.69 Å². The molecule has 0 bridgehead atoms. The van der Waals surface area contributed by atoms with Crippen LogP contribution >= 0.6 is 31.9 Å². The lowest BCUT2D eigenvalue weighted by Gasteiger charge is -2.08. The first-order valence-electron chi connectivity index (χ1n) is 4.94. The zero-order chi connectivity index (χ0) is 13.1. The molecule has 0 saturated heterocycles. The van der Waals surface area contributed by atoms with Crippen molar-refractivity contribution < 1.29 is 9.66 Å². The molecule has 0 saturated carbocycles. The zero-order valence-electron chi connectivity index (χ0n) is 8.97. The molecule has 4 nitrogen and oxygen atoms in total. The van der Waals surface area contributed by atoms with Crippen molar-refractivity contribution in [3.63, 3.8) is 0 Å². The van der Waals surface area contributed by atoms with E-state index in [0.717, 1.165) is 8.95 Å². The van der Waals surface area contributed by atoms with Gasteiger partial charge in [0.05, 0.1) is 9.40 Å². The Morgan fingerprint density at radius 3 is 2.44 bits per heavy atom. The fourth-order valence-corrected chi connectivity index (χ4v) is 2.07. The molecular weight excluding hydrogens is 366 g/mol. The predicted octanol–water partition coefficient (Wildman–Crippen LogP) is 4.91. The molecule has 2 aromatic rings. The molecule has 0 N–H and O–H groups in total. The van der Waals surface area contributed by atoms with E-state index < -0.39 is 4.92 Å². The topological polar surface area (TPSA) is 52.4 Å². The highest BCUT2D eigenvalue weighted by molar-refractivity contribution is 9.10. The van der Waals surface area contributed by atoms with E-state index in [1.165, 1.54) is 6.07 Å². The van der Waals surface area contributed by atoms with E-state index in [1.54, 1.807) is 30.3 Å². The number of para-hydroxylation sites is 1. The third-order valence-electron chi connectivity index (χ3n) is 2.18. The number of benzene rings is 2. The number of nitro benzene ring substituents is 1. The molecular formula is C12H7Br2NO3. The highest BCUT2D eigenvalue weighted by Crippen LogP contribution is 2.36. The minimum atomic E-state index is -0.474. The second-order valence-electron chi connectivity index (χ2n) is 3.40. The standard InChI is InChI=1S/C12H7Br2NO3/c13-8-5-6-10(15(16)17)12(7-8)18-11-4-2-1-3-9(11)14/h1-7H. The summed E-state index contributed by atoms with van der Waals surface area (Å²) in [5.41, 5.74) is -0.0750. The van der Waals surface area contributed by atoms with Crippen LogP contribution in [0.15, 0.2) is 51.4 Å². The minimum Gasteiger partial charge on any atom is -0.449 e. The van der Waals surface area contributed by atoms with E-state index in [9.17, 15) is 10.1 Å². The molecule has 0 heterocycles. The van der Waals surface area contributed by atoms with E-state index in [1.807, 2.05) is 6.07 Å². The molecule has 0 atom stereocenters. The lowest BCUT2D eigenvalue weighted by molar-refractivity contribution is -0.385. The summed E-state index contributed by atoms with van der Waals surface area (Å²) < 4.78 is 7.02. The van der Waals surface area contributed by atoms with Crippen LogP contribution in [-0.4, -0.2) is 4.92 Å². The largest absolute Gasteiger partial charge is 0.449 e. The Morgan fingerprint density at radius 2 is 1.78 bits per heavy atom. The van der Waals surface area contributed by atoms with Gasteiger partial charge in [-0.15, -0.1) is 0 Å². The molecule has 0 spiro atoms. The molecule has 18 heavy (non-hydrogen) atoms. The van der Waals surface area contributed by atoms with Crippen LogP contribution in [0.5, 0.6) is 11.5 Å². The van der Waals surface area contributed by atoms with Gasteiger partial charge in [0.15, 0.2) is 0 Å². The van der Waals surface area contributed by atoms with E-state index in [0.29, 0.717) is 5.75 Å². The zero-order valence-corrected chi connectivity index (χ0v) is 12.1. The molecule has 0 amide bonds. The quantitative estimate of drug-likeness (QED) is 0.568. The molecule has 0 fully saturated rings. The molecule has 0 aromatic heterocycles. The van der Waals surface area contributed by atoms with Crippen molar-refractivity contribution in [2.24, 2.45) is 0 Å². The molecule has 0 unspecified atom stereocenters. The van der Waals surface area contributed by atoms with E-state index >= 15 is 0 Å². The third kappa shape index (κ3) is 2.88. The Labute approximate surface area is 120 Å². The molecule has 6 heteroatoms. The average molecular weight is 373 g/mol. The lowest BCUT2D eigenvalue weighted by atomic mass is 10.3. The highest BCUT2D eigenvalue weighted by Gasteiger charge is 2.16. The summed E-state index contributed by atoms with van der Waals surface area (Å²) in [6, 6.07) is 11.7. The number of nitrogens with zero attached hydrogens (tertiary/aromatic N) is 1. The van der Waals surface area contributed by atoms with Crippen LogP contribution in [0.4, 0.5) is 5.69 Å². The summed E-state index contributed by atoms with van der Waals surface area (Å²) in [6.45, 7) is 0. The van der Waals surface area contributed by atoms with Gasteiger partial charge in [-0.3, -0.25) is 10.1 Å². The molecule has 2 rings (SSSR count). The third-order valence-corrected chi connectivity index (χ3v) is 3.32. The Hall–Kier alpha value is -1.40. The van der Waals surface area contributed by atoms with Crippen LogP contribution in [-0.2, 0) is 0 Å². The smallest absolute Gasteiger partial charge is 0.311 e. The first-order valence-corrected chi connectivity index (χ1v) is 6.53. The summed E-state index contributed by atoms with van der Waals surface area (Å²) in [7, 11) is 0. The number of hydrogen-bond donors (Lipinski definition) is 0. The van der Waals surface area contributed by atoms with Crippen molar-refractivity contribution in [3.05, 3.63) is 61.5 Å². The van der Waals surface area contributed by atoms with Crippen LogP contribution in [0.2, 0.25) is 0 Å².